The molecule has 3 aromatic rings. The van der Waals surface area contributed by atoms with Crippen LogP contribution in [0.2, 0.25) is 0 Å². The fraction of sp³-hybridized carbons (Fsp3) is 0.222. The van der Waals surface area contributed by atoms with Gasteiger partial charge in [-0.1, -0.05) is 0 Å². The molecule has 3 rings (SSSR count). The maximum absolute atomic E-state index is 12.6. The molecule has 8 heteroatoms. The van der Waals surface area contributed by atoms with Gasteiger partial charge in [-0.2, -0.15) is 0 Å². The number of amides is 1. The molecule has 1 aromatic carbocycles. The van der Waals surface area contributed by atoms with Crippen molar-refractivity contribution in [3.8, 4) is 0 Å². The van der Waals surface area contributed by atoms with Crippen molar-refractivity contribution in [2.45, 2.75) is 13.8 Å². The quantitative estimate of drug-likeness (QED) is 0.551. The van der Waals surface area contributed by atoms with Crippen LogP contribution in [0.3, 0.4) is 0 Å². The van der Waals surface area contributed by atoms with Crippen LogP contribution in [-0.2, 0) is 0 Å². The molecule has 2 heterocycles. The van der Waals surface area contributed by atoms with Gasteiger partial charge in [-0.05, 0) is 37.6 Å². The Balaban J connectivity index is 1.96. The molecule has 0 aliphatic rings. The van der Waals surface area contributed by atoms with Gasteiger partial charge in [-0.3, -0.25) is 14.9 Å². The Morgan fingerprint density at radius 3 is 2.65 bits per heavy atom. The summed E-state index contributed by atoms with van der Waals surface area (Å²) in [5, 5.41) is 16.9. The molecule has 7 nitrogen and oxygen atoms in total. The van der Waals surface area contributed by atoms with Crippen molar-refractivity contribution < 1.29 is 9.72 Å². The summed E-state index contributed by atoms with van der Waals surface area (Å²) >= 11 is 1.45. The summed E-state index contributed by atoms with van der Waals surface area (Å²) in [6, 6.07) is 6.42. The van der Waals surface area contributed by atoms with Crippen LogP contribution >= 0.6 is 11.3 Å². The minimum Gasteiger partial charge on any atom is -0.372 e. The van der Waals surface area contributed by atoms with E-state index < -0.39 is 10.8 Å². The number of anilines is 2. The molecular formula is C18H18N4O3S. The van der Waals surface area contributed by atoms with E-state index in [0.29, 0.717) is 11.4 Å². The van der Waals surface area contributed by atoms with Crippen molar-refractivity contribution in [2.24, 2.45) is 0 Å². The summed E-state index contributed by atoms with van der Waals surface area (Å²) in [6.07, 6.45) is 0. The van der Waals surface area contributed by atoms with Crippen LogP contribution in [-0.4, -0.2) is 29.9 Å². The highest BCUT2D eigenvalue weighted by atomic mass is 32.1. The highest BCUT2D eigenvalue weighted by molar-refractivity contribution is 7.17. The molecular weight excluding hydrogens is 352 g/mol. The lowest BCUT2D eigenvalue weighted by Crippen LogP contribution is -2.15. The van der Waals surface area contributed by atoms with E-state index in [1.54, 1.807) is 31.1 Å². The number of pyridine rings is 1. The van der Waals surface area contributed by atoms with E-state index in [1.807, 2.05) is 25.3 Å². The predicted octanol–water partition coefficient (Wildman–Crippen LogP) is 4.14. The van der Waals surface area contributed by atoms with Crippen LogP contribution in [0.25, 0.3) is 10.2 Å². The molecule has 0 unspecified atom stereocenters. The molecule has 0 bridgehead atoms. The summed E-state index contributed by atoms with van der Waals surface area (Å²) in [5.74, 6) is -0.391. The second-order valence-electron chi connectivity index (χ2n) is 6.22. The fourth-order valence-corrected chi connectivity index (χ4v) is 3.86. The molecule has 0 atom stereocenters. The Labute approximate surface area is 154 Å². The standard InChI is InChI=1S/C18H18N4O3S/c1-10-7-11(2)19-18-16(10)13(9-26-18)20-17(23)12-5-6-14(21(3)4)15(8-12)22(24)25/h5-9H,1-4H3,(H,20,23). The summed E-state index contributed by atoms with van der Waals surface area (Å²) < 4.78 is 0. The molecule has 0 aliphatic heterocycles. The van der Waals surface area contributed by atoms with Gasteiger partial charge >= 0.3 is 0 Å². The minimum atomic E-state index is -0.483. The van der Waals surface area contributed by atoms with Crippen molar-refractivity contribution in [2.75, 3.05) is 24.3 Å². The Morgan fingerprint density at radius 2 is 2.00 bits per heavy atom. The first-order chi connectivity index (χ1) is 12.3. The minimum absolute atomic E-state index is 0.105. The SMILES string of the molecule is Cc1cc(C)c2c(NC(=O)c3ccc(N(C)C)c([N+](=O)[O-])c3)csc2n1. The van der Waals surface area contributed by atoms with Crippen LogP contribution in [0.15, 0.2) is 29.6 Å². The van der Waals surface area contributed by atoms with Crippen molar-refractivity contribution in [1.29, 1.82) is 0 Å². The lowest BCUT2D eigenvalue weighted by molar-refractivity contribution is -0.384. The Kier molecular flexibility index (Phi) is 4.60. The van der Waals surface area contributed by atoms with Gasteiger partial charge in [0.15, 0.2) is 0 Å². The second-order valence-corrected chi connectivity index (χ2v) is 7.08. The monoisotopic (exact) mass is 370 g/mol. The summed E-state index contributed by atoms with van der Waals surface area (Å²) in [7, 11) is 3.44. The number of hydrogen-bond acceptors (Lipinski definition) is 6. The molecule has 0 aliphatic carbocycles. The lowest BCUT2D eigenvalue weighted by Gasteiger charge is -2.13. The number of carbonyl (C=O) groups excluding carboxylic acids is 1. The van der Waals surface area contributed by atoms with Crippen molar-refractivity contribution in [3.63, 3.8) is 0 Å². The molecule has 0 fully saturated rings. The molecule has 1 amide bonds. The number of fused-ring (bicyclic) bond motifs is 1. The van der Waals surface area contributed by atoms with E-state index >= 15 is 0 Å². The van der Waals surface area contributed by atoms with Gasteiger partial charge in [-0.15, -0.1) is 11.3 Å². The molecule has 0 spiro atoms. The van der Waals surface area contributed by atoms with E-state index in [1.165, 1.54) is 17.4 Å². The van der Waals surface area contributed by atoms with Gasteiger partial charge < -0.3 is 10.2 Å². The van der Waals surface area contributed by atoms with Gasteiger partial charge in [0.2, 0.25) is 0 Å². The van der Waals surface area contributed by atoms with Crippen molar-refractivity contribution in [1.82, 2.24) is 4.98 Å². The number of nitrogens with zero attached hydrogens (tertiary/aromatic N) is 3. The van der Waals surface area contributed by atoms with Crippen molar-refractivity contribution in [3.05, 3.63) is 56.6 Å². The fourth-order valence-electron chi connectivity index (χ4n) is 2.86. The Hall–Kier alpha value is -3.00. The highest BCUT2D eigenvalue weighted by Gasteiger charge is 2.20. The van der Waals surface area contributed by atoms with E-state index in [9.17, 15) is 14.9 Å². The van der Waals surface area contributed by atoms with Crippen LogP contribution in [0, 0.1) is 24.0 Å². The molecule has 26 heavy (non-hydrogen) atoms. The Morgan fingerprint density at radius 1 is 1.27 bits per heavy atom. The zero-order valence-corrected chi connectivity index (χ0v) is 15.7. The van der Waals surface area contributed by atoms with Gasteiger partial charge in [0.1, 0.15) is 10.5 Å². The molecule has 0 saturated carbocycles. The molecule has 2 aromatic heterocycles. The van der Waals surface area contributed by atoms with E-state index in [4.69, 9.17) is 0 Å². The first kappa shape index (κ1) is 17.8. The average Bonchev–Trinajstić information content (AvgIpc) is 2.96. The van der Waals surface area contributed by atoms with Gasteiger partial charge in [0.25, 0.3) is 11.6 Å². The van der Waals surface area contributed by atoms with Crippen LogP contribution < -0.4 is 10.2 Å². The number of hydrogen-bond donors (Lipinski definition) is 1. The zero-order chi connectivity index (χ0) is 19.0. The topological polar surface area (TPSA) is 88.4 Å². The number of nitro benzene ring substituents is 1. The average molecular weight is 370 g/mol. The third-order valence-electron chi connectivity index (χ3n) is 4.03. The maximum atomic E-state index is 12.6. The first-order valence-corrected chi connectivity index (χ1v) is 8.78. The summed E-state index contributed by atoms with van der Waals surface area (Å²) in [4.78, 5) is 30.4. The Bertz CT molecular complexity index is 1030. The largest absolute Gasteiger partial charge is 0.372 e. The number of nitro groups is 1. The number of thiophene rings is 1. The number of rotatable bonds is 4. The third kappa shape index (κ3) is 3.23. The number of aromatic nitrogens is 1. The first-order valence-electron chi connectivity index (χ1n) is 7.90. The van der Waals surface area contributed by atoms with Crippen LogP contribution in [0.4, 0.5) is 17.1 Å². The third-order valence-corrected chi connectivity index (χ3v) is 4.91. The zero-order valence-electron chi connectivity index (χ0n) is 14.9. The maximum Gasteiger partial charge on any atom is 0.293 e. The summed E-state index contributed by atoms with van der Waals surface area (Å²) in [6.45, 7) is 3.89. The smallest absolute Gasteiger partial charge is 0.293 e. The van der Waals surface area contributed by atoms with E-state index in [2.05, 4.69) is 10.3 Å². The number of aryl methyl sites for hydroxylation is 2. The number of carbonyl (C=O) groups is 1. The highest BCUT2D eigenvalue weighted by Crippen LogP contribution is 2.33. The number of nitrogens with one attached hydrogen (secondary N) is 1. The normalized spacial score (nSPS) is 10.8. The van der Waals surface area contributed by atoms with E-state index in [0.717, 1.165) is 21.5 Å². The second kappa shape index (κ2) is 6.72. The van der Waals surface area contributed by atoms with Crippen molar-refractivity contribution >= 4 is 44.5 Å². The van der Waals surface area contributed by atoms with Crippen LogP contribution in [0.5, 0.6) is 0 Å². The lowest BCUT2D eigenvalue weighted by atomic mass is 10.1. The molecule has 134 valence electrons. The summed E-state index contributed by atoms with van der Waals surface area (Å²) in [5.41, 5.74) is 3.19. The molecule has 0 radical (unpaired) electrons. The molecule has 0 saturated heterocycles. The molecule has 1 N–H and O–H groups in total. The van der Waals surface area contributed by atoms with E-state index in [-0.39, 0.29) is 11.3 Å². The number of benzene rings is 1. The van der Waals surface area contributed by atoms with Gasteiger partial charge in [0.05, 0.1) is 10.6 Å². The van der Waals surface area contributed by atoms with Crippen LogP contribution in [0.1, 0.15) is 21.6 Å². The van der Waals surface area contributed by atoms with Gasteiger partial charge in [-0.25, -0.2) is 4.98 Å². The predicted molar refractivity (Wildman–Crippen MR) is 104 cm³/mol. The van der Waals surface area contributed by atoms with Gasteiger partial charge in [0, 0.05) is 42.2 Å².